The summed E-state index contributed by atoms with van der Waals surface area (Å²) in [6.45, 7) is 0.641. The third-order valence-electron chi connectivity index (χ3n) is 5.37. The predicted octanol–water partition coefficient (Wildman–Crippen LogP) is 3.95. The zero-order valence-electron chi connectivity index (χ0n) is 17.3. The molecule has 0 bridgehead atoms. The summed E-state index contributed by atoms with van der Waals surface area (Å²) in [4.78, 5) is 16.8. The number of carbonyl (C=O) groups is 1. The summed E-state index contributed by atoms with van der Waals surface area (Å²) < 4.78 is 37.7. The average molecular weight is 529 g/mol. The van der Waals surface area contributed by atoms with Crippen molar-refractivity contribution >= 4 is 60.7 Å². The number of benzene rings is 2. The summed E-state index contributed by atoms with van der Waals surface area (Å²) in [5.74, 6) is 0.228. The van der Waals surface area contributed by atoms with Gasteiger partial charge in [-0.15, -0.1) is 11.3 Å². The molecule has 1 aromatic heterocycles. The number of aromatic nitrogens is 1. The Balaban J connectivity index is 1.37. The molecule has 1 fully saturated rings. The maximum Gasteiger partial charge on any atom is 0.265 e. The van der Waals surface area contributed by atoms with E-state index in [9.17, 15) is 13.2 Å². The number of sulfone groups is 1. The van der Waals surface area contributed by atoms with Gasteiger partial charge in [-0.2, -0.15) is 0 Å². The Hall–Kier alpha value is -1.89. The van der Waals surface area contributed by atoms with Gasteiger partial charge in [-0.3, -0.25) is 10.0 Å². The molecule has 0 radical (unpaired) electrons. The molecule has 0 saturated carbocycles. The van der Waals surface area contributed by atoms with E-state index in [1.54, 1.807) is 35.2 Å². The van der Waals surface area contributed by atoms with Crippen LogP contribution >= 0.6 is 34.7 Å². The van der Waals surface area contributed by atoms with Crippen LogP contribution in [0.1, 0.15) is 12.8 Å². The Bertz CT molecular complexity index is 1240. The molecule has 1 aliphatic rings. The van der Waals surface area contributed by atoms with Crippen LogP contribution in [0.3, 0.4) is 0 Å². The van der Waals surface area contributed by atoms with E-state index >= 15 is 0 Å². The van der Waals surface area contributed by atoms with Crippen LogP contribution in [0.25, 0.3) is 10.2 Å². The van der Waals surface area contributed by atoms with Crippen molar-refractivity contribution in [3.63, 3.8) is 0 Å². The third-order valence-corrected chi connectivity index (χ3v) is 10.3. The van der Waals surface area contributed by atoms with Crippen molar-refractivity contribution < 1.29 is 27.9 Å². The summed E-state index contributed by atoms with van der Waals surface area (Å²) in [5, 5.41) is 9.78. The highest BCUT2D eigenvalue weighted by molar-refractivity contribution is 8.01. The number of ether oxygens (including phenoxy) is 2. The van der Waals surface area contributed by atoms with Crippen LogP contribution < -0.4 is 10.2 Å². The lowest BCUT2D eigenvalue weighted by atomic mass is 9.98. The largest absolute Gasteiger partial charge is 0.493 e. The average Bonchev–Trinajstić information content (AvgIpc) is 3.23. The van der Waals surface area contributed by atoms with Gasteiger partial charge in [0, 0.05) is 24.0 Å². The minimum Gasteiger partial charge on any atom is -0.493 e. The van der Waals surface area contributed by atoms with E-state index in [1.165, 1.54) is 17.6 Å². The van der Waals surface area contributed by atoms with E-state index in [1.807, 2.05) is 18.2 Å². The zero-order chi connectivity index (χ0) is 23.5. The van der Waals surface area contributed by atoms with Gasteiger partial charge >= 0.3 is 0 Å². The van der Waals surface area contributed by atoms with Gasteiger partial charge in [-0.05, 0) is 55.3 Å². The van der Waals surface area contributed by atoms with Crippen molar-refractivity contribution in [3.05, 3.63) is 47.5 Å². The number of nitrogens with one attached hydrogen (secondary N) is 1. The number of fused-ring (bicyclic) bond motifs is 1. The first-order valence-corrected chi connectivity index (χ1v) is 13.7. The fourth-order valence-corrected chi connectivity index (χ4v) is 7.63. The molecule has 0 atom stereocenters. The highest BCUT2D eigenvalue weighted by atomic mass is 35.5. The topological polar surface area (TPSA) is 115 Å². The molecule has 4 rings (SSSR count). The first-order valence-electron chi connectivity index (χ1n) is 10.0. The molecule has 33 heavy (non-hydrogen) atoms. The van der Waals surface area contributed by atoms with Crippen molar-refractivity contribution in [1.29, 1.82) is 0 Å². The molecule has 0 unspecified atom stereocenters. The van der Waals surface area contributed by atoms with E-state index in [0.29, 0.717) is 23.1 Å². The van der Waals surface area contributed by atoms with Gasteiger partial charge in [0.1, 0.15) is 5.75 Å². The second-order valence-corrected chi connectivity index (χ2v) is 12.4. The van der Waals surface area contributed by atoms with Crippen molar-refractivity contribution in [2.75, 3.05) is 25.6 Å². The number of hydrogen-bond acceptors (Lipinski definition) is 9. The number of rotatable bonds is 8. The van der Waals surface area contributed by atoms with Gasteiger partial charge in [0.25, 0.3) is 5.91 Å². The van der Waals surface area contributed by atoms with E-state index in [-0.39, 0.29) is 31.0 Å². The SMILES string of the molecule is O=C(NO)C1(S(=O)(=O)c2ccc(OCCSc3nc4cc(Cl)ccc4s3)cc2)CCOCC1. The molecule has 2 aromatic carbocycles. The fourth-order valence-electron chi connectivity index (χ4n) is 3.59. The Morgan fingerprint density at radius 3 is 2.67 bits per heavy atom. The quantitative estimate of drug-likeness (QED) is 0.195. The molecule has 8 nitrogen and oxygen atoms in total. The van der Waals surface area contributed by atoms with Crippen molar-refractivity contribution in [3.8, 4) is 5.75 Å². The number of thioether (sulfide) groups is 1. The molecule has 2 N–H and O–H groups in total. The number of amides is 1. The molecule has 1 saturated heterocycles. The Kier molecular flexibility index (Phi) is 7.46. The second kappa shape index (κ2) is 10.2. The highest BCUT2D eigenvalue weighted by Gasteiger charge is 2.52. The van der Waals surface area contributed by atoms with Gasteiger partial charge in [-0.25, -0.2) is 18.9 Å². The van der Waals surface area contributed by atoms with E-state index in [4.69, 9.17) is 26.3 Å². The summed E-state index contributed by atoms with van der Waals surface area (Å²) in [7, 11) is -4.06. The third kappa shape index (κ3) is 4.98. The normalized spacial score (nSPS) is 15.9. The summed E-state index contributed by atoms with van der Waals surface area (Å²) in [6.07, 6.45) is -0.0651. The van der Waals surface area contributed by atoms with Crippen molar-refractivity contribution in [1.82, 2.24) is 10.5 Å². The molecule has 176 valence electrons. The number of hydroxylamine groups is 1. The first kappa shape index (κ1) is 24.2. The zero-order valence-corrected chi connectivity index (χ0v) is 20.5. The molecule has 2 heterocycles. The second-order valence-electron chi connectivity index (χ2n) is 7.31. The minimum absolute atomic E-state index is 0.0112. The van der Waals surface area contributed by atoms with Crippen LogP contribution in [0.15, 0.2) is 51.7 Å². The standard InChI is InChI=1S/C21H21ClN2O6S3/c22-14-1-6-18-17(13-14)23-20(32-18)31-12-11-30-15-2-4-16(5-3-15)33(27,28)21(19(25)24-26)7-9-29-10-8-21/h1-6,13,26H,7-12H2,(H,24,25). The van der Waals surface area contributed by atoms with Crippen LogP contribution in [0.4, 0.5) is 0 Å². The van der Waals surface area contributed by atoms with Crippen LogP contribution in [0, 0.1) is 0 Å². The molecule has 1 aliphatic heterocycles. The minimum atomic E-state index is -4.06. The first-order chi connectivity index (χ1) is 15.9. The Morgan fingerprint density at radius 1 is 1.24 bits per heavy atom. The van der Waals surface area contributed by atoms with Gasteiger partial charge in [-0.1, -0.05) is 23.4 Å². The number of thiazole rings is 1. The van der Waals surface area contributed by atoms with Crippen LogP contribution in [-0.2, 0) is 19.4 Å². The maximum absolute atomic E-state index is 13.2. The maximum atomic E-state index is 13.2. The number of hydrogen-bond donors (Lipinski definition) is 2. The predicted molar refractivity (Wildman–Crippen MR) is 127 cm³/mol. The molecule has 12 heteroatoms. The smallest absolute Gasteiger partial charge is 0.265 e. The summed E-state index contributed by atoms with van der Waals surface area (Å²) in [6, 6.07) is 11.6. The van der Waals surface area contributed by atoms with Crippen LogP contribution in [0.5, 0.6) is 5.75 Å². The monoisotopic (exact) mass is 528 g/mol. The van der Waals surface area contributed by atoms with Gasteiger partial charge in [0.05, 0.1) is 21.7 Å². The lowest BCUT2D eigenvalue weighted by Crippen LogP contribution is -2.54. The van der Waals surface area contributed by atoms with E-state index in [2.05, 4.69) is 4.98 Å². The molecule has 1 amide bonds. The number of nitrogens with zero attached hydrogens (tertiary/aromatic N) is 1. The van der Waals surface area contributed by atoms with Gasteiger partial charge < -0.3 is 9.47 Å². The highest BCUT2D eigenvalue weighted by Crippen LogP contribution is 2.36. The van der Waals surface area contributed by atoms with Gasteiger partial charge in [0.15, 0.2) is 18.9 Å². The lowest BCUT2D eigenvalue weighted by molar-refractivity contribution is -0.134. The van der Waals surface area contributed by atoms with Gasteiger partial charge in [0.2, 0.25) is 0 Å². The molecular formula is C21H21ClN2O6S3. The summed E-state index contributed by atoms with van der Waals surface area (Å²) in [5.41, 5.74) is 2.38. The molecule has 0 spiro atoms. The fraction of sp³-hybridized carbons (Fsp3) is 0.333. The van der Waals surface area contributed by atoms with Crippen LogP contribution in [-0.4, -0.2) is 54.8 Å². The Labute approximate surface area is 204 Å². The van der Waals surface area contributed by atoms with Crippen molar-refractivity contribution in [2.24, 2.45) is 0 Å². The summed E-state index contributed by atoms with van der Waals surface area (Å²) >= 11 is 9.15. The Morgan fingerprint density at radius 2 is 1.97 bits per heavy atom. The number of carbonyl (C=O) groups excluding carboxylic acids is 1. The molecule has 3 aromatic rings. The van der Waals surface area contributed by atoms with Crippen LogP contribution in [0.2, 0.25) is 5.02 Å². The molecular weight excluding hydrogens is 508 g/mol. The number of halogens is 1. The lowest BCUT2D eigenvalue weighted by Gasteiger charge is -2.34. The molecule has 0 aliphatic carbocycles. The van der Waals surface area contributed by atoms with E-state index < -0.39 is 20.5 Å². The van der Waals surface area contributed by atoms with E-state index in [0.717, 1.165) is 14.6 Å². The van der Waals surface area contributed by atoms with Crippen molar-refractivity contribution in [2.45, 2.75) is 26.8 Å².